The molecule has 2 aliphatic rings. The number of alkyl halides is 3. The molecule has 8 nitrogen and oxygen atoms in total. The molecule has 0 unspecified atom stereocenters. The maximum absolute atomic E-state index is 15.0. The fraction of sp³-hybridized carbons (Fsp3) is 0.321. The number of halogens is 4. The standard InChI is InChI=1S/C28H25F4N5O3/c1-16-10-20(29)22(35-27(38)17-2-4-33-25(12-17)28(30,31)32)13-19(16)18-11-23(36-5-8-39-9-6-36)26-34-21-3-7-40-15-24(21)37(26)14-18/h2,4,10-14H,3,5-9,15H2,1H3,(H,35,38). The van der Waals surface area contributed by atoms with Crippen LogP contribution < -0.4 is 10.2 Å². The lowest BCUT2D eigenvalue weighted by molar-refractivity contribution is -0.141. The molecule has 1 saturated heterocycles. The van der Waals surface area contributed by atoms with Crippen LogP contribution in [0.5, 0.6) is 0 Å². The lowest BCUT2D eigenvalue weighted by atomic mass is 10.00. The molecular weight excluding hydrogens is 530 g/mol. The van der Waals surface area contributed by atoms with Crippen LogP contribution in [-0.2, 0) is 28.7 Å². The van der Waals surface area contributed by atoms with Crippen LogP contribution in [0.25, 0.3) is 16.8 Å². The zero-order valence-corrected chi connectivity index (χ0v) is 21.5. The Kier molecular flexibility index (Phi) is 6.67. The molecule has 0 spiro atoms. The minimum Gasteiger partial charge on any atom is -0.378 e. The Hall–Kier alpha value is -4.03. The number of morpholine rings is 1. The van der Waals surface area contributed by atoms with Gasteiger partial charge in [-0.05, 0) is 48.4 Å². The first-order valence-corrected chi connectivity index (χ1v) is 12.8. The first-order chi connectivity index (χ1) is 19.2. The van der Waals surface area contributed by atoms with Gasteiger partial charge in [0.15, 0.2) is 5.65 Å². The Morgan fingerprint density at radius 1 is 1.07 bits per heavy atom. The predicted molar refractivity (Wildman–Crippen MR) is 139 cm³/mol. The largest absolute Gasteiger partial charge is 0.433 e. The van der Waals surface area contributed by atoms with E-state index in [0.29, 0.717) is 63.1 Å². The molecule has 2 aliphatic heterocycles. The quantitative estimate of drug-likeness (QED) is 0.356. The summed E-state index contributed by atoms with van der Waals surface area (Å²) >= 11 is 0. The first kappa shape index (κ1) is 26.2. The van der Waals surface area contributed by atoms with Gasteiger partial charge in [0.1, 0.15) is 11.5 Å². The number of benzene rings is 1. The molecule has 0 radical (unpaired) electrons. The number of hydrogen-bond acceptors (Lipinski definition) is 6. The van der Waals surface area contributed by atoms with Gasteiger partial charge in [-0.15, -0.1) is 0 Å². The summed E-state index contributed by atoms with van der Waals surface area (Å²) in [5.41, 5.74) is 4.01. The van der Waals surface area contributed by atoms with E-state index in [1.807, 2.05) is 16.7 Å². The number of pyridine rings is 2. The van der Waals surface area contributed by atoms with E-state index in [2.05, 4.69) is 15.2 Å². The van der Waals surface area contributed by atoms with Gasteiger partial charge in [0.25, 0.3) is 5.91 Å². The van der Waals surface area contributed by atoms with E-state index < -0.39 is 23.6 Å². The van der Waals surface area contributed by atoms with Crippen LogP contribution >= 0.6 is 0 Å². The normalized spacial score (nSPS) is 15.8. The molecule has 0 aliphatic carbocycles. The van der Waals surface area contributed by atoms with Crippen LogP contribution in [0.15, 0.2) is 42.7 Å². The van der Waals surface area contributed by atoms with Crippen LogP contribution in [0, 0.1) is 12.7 Å². The number of anilines is 2. The fourth-order valence-electron chi connectivity index (χ4n) is 5.10. The number of amides is 1. The van der Waals surface area contributed by atoms with Crippen molar-refractivity contribution in [2.75, 3.05) is 43.1 Å². The van der Waals surface area contributed by atoms with E-state index in [0.717, 1.165) is 40.5 Å². The lowest BCUT2D eigenvalue weighted by Crippen LogP contribution is -2.36. The summed E-state index contributed by atoms with van der Waals surface area (Å²) in [5.74, 6) is -1.59. The van der Waals surface area contributed by atoms with Crippen molar-refractivity contribution in [2.24, 2.45) is 0 Å². The lowest BCUT2D eigenvalue weighted by Gasteiger charge is -2.29. The third kappa shape index (κ3) is 4.88. The minimum atomic E-state index is -4.72. The van der Waals surface area contributed by atoms with Crippen molar-refractivity contribution in [1.82, 2.24) is 14.4 Å². The highest BCUT2D eigenvalue weighted by atomic mass is 19.4. The number of hydrogen-bond donors (Lipinski definition) is 1. The average molecular weight is 556 g/mol. The highest BCUT2D eigenvalue weighted by Gasteiger charge is 2.33. The van der Waals surface area contributed by atoms with E-state index >= 15 is 4.39 Å². The van der Waals surface area contributed by atoms with Crippen molar-refractivity contribution < 1.29 is 31.8 Å². The molecule has 1 fully saturated rings. The fourth-order valence-corrected chi connectivity index (χ4v) is 5.10. The monoisotopic (exact) mass is 555 g/mol. The summed E-state index contributed by atoms with van der Waals surface area (Å²) < 4.78 is 67.5. The Morgan fingerprint density at radius 3 is 2.65 bits per heavy atom. The van der Waals surface area contributed by atoms with E-state index in [9.17, 15) is 18.0 Å². The van der Waals surface area contributed by atoms with Crippen molar-refractivity contribution in [3.8, 4) is 11.1 Å². The second kappa shape index (κ2) is 10.2. The van der Waals surface area contributed by atoms with Crippen LogP contribution in [-0.4, -0.2) is 53.2 Å². The summed E-state index contributed by atoms with van der Waals surface area (Å²) in [7, 11) is 0. The van der Waals surface area contributed by atoms with Crippen LogP contribution in [0.4, 0.5) is 28.9 Å². The molecule has 208 valence electrons. The van der Waals surface area contributed by atoms with Crippen molar-refractivity contribution in [3.05, 3.63) is 76.8 Å². The van der Waals surface area contributed by atoms with Gasteiger partial charge >= 0.3 is 6.18 Å². The summed E-state index contributed by atoms with van der Waals surface area (Å²) in [6, 6.07) is 6.56. The zero-order valence-electron chi connectivity index (χ0n) is 21.5. The molecule has 0 atom stereocenters. The summed E-state index contributed by atoms with van der Waals surface area (Å²) in [4.78, 5) is 23.2. The second-order valence-corrected chi connectivity index (χ2v) is 9.74. The maximum atomic E-state index is 15.0. The molecule has 40 heavy (non-hydrogen) atoms. The molecule has 1 amide bonds. The smallest absolute Gasteiger partial charge is 0.378 e. The first-order valence-electron chi connectivity index (χ1n) is 12.8. The van der Waals surface area contributed by atoms with E-state index in [-0.39, 0.29) is 11.3 Å². The van der Waals surface area contributed by atoms with Gasteiger partial charge < -0.3 is 19.7 Å². The Balaban J connectivity index is 1.42. The van der Waals surface area contributed by atoms with Crippen molar-refractivity contribution in [2.45, 2.75) is 26.1 Å². The molecule has 6 rings (SSSR count). The van der Waals surface area contributed by atoms with E-state index in [4.69, 9.17) is 14.5 Å². The summed E-state index contributed by atoms with van der Waals surface area (Å²) in [6.45, 7) is 5.29. The van der Waals surface area contributed by atoms with E-state index in [1.54, 1.807) is 6.92 Å². The number of aryl methyl sites for hydroxylation is 1. The Labute approximate surface area is 226 Å². The molecule has 1 aromatic carbocycles. The molecule has 3 aromatic heterocycles. The molecule has 4 aromatic rings. The highest BCUT2D eigenvalue weighted by molar-refractivity contribution is 6.04. The van der Waals surface area contributed by atoms with Gasteiger partial charge in [0.05, 0.1) is 49.2 Å². The highest BCUT2D eigenvalue weighted by Crippen LogP contribution is 2.35. The number of carbonyl (C=O) groups excluding carboxylic acids is 1. The molecular formula is C28H25F4N5O3. The Morgan fingerprint density at radius 2 is 1.88 bits per heavy atom. The number of ether oxygens (including phenoxy) is 2. The SMILES string of the molecule is Cc1cc(F)c(NC(=O)c2ccnc(C(F)(F)F)c2)cc1-c1cc(N2CCOCC2)c2nc3c(n2c1)COCC3. The number of nitrogens with one attached hydrogen (secondary N) is 1. The molecule has 0 saturated carbocycles. The van der Waals surface area contributed by atoms with Gasteiger partial charge in [-0.2, -0.15) is 13.2 Å². The third-order valence-corrected chi connectivity index (χ3v) is 7.14. The molecule has 0 bridgehead atoms. The van der Waals surface area contributed by atoms with Gasteiger partial charge in [-0.3, -0.25) is 14.2 Å². The molecule has 1 N–H and O–H groups in total. The van der Waals surface area contributed by atoms with Crippen LogP contribution in [0.1, 0.15) is 33.0 Å². The number of imidazole rings is 1. The predicted octanol–water partition coefficient (Wildman–Crippen LogP) is 5.02. The summed E-state index contributed by atoms with van der Waals surface area (Å²) in [5, 5.41) is 2.43. The minimum absolute atomic E-state index is 0.153. The van der Waals surface area contributed by atoms with Crippen LogP contribution in [0.2, 0.25) is 0 Å². The third-order valence-electron chi connectivity index (χ3n) is 7.14. The van der Waals surface area contributed by atoms with Crippen molar-refractivity contribution in [3.63, 3.8) is 0 Å². The molecule has 5 heterocycles. The van der Waals surface area contributed by atoms with Gasteiger partial charge in [0.2, 0.25) is 0 Å². The molecule has 12 heteroatoms. The number of aromatic nitrogens is 3. The van der Waals surface area contributed by atoms with Crippen LogP contribution in [0.3, 0.4) is 0 Å². The zero-order chi connectivity index (χ0) is 28.0. The van der Waals surface area contributed by atoms with E-state index in [1.165, 1.54) is 12.1 Å². The number of fused-ring (bicyclic) bond motifs is 3. The van der Waals surface area contributed by atoms with Gasteiger partial charge in [-0.1, -0.05) is 0 Å². The summed E-state index contributed by atoms with van der Waals surface area (Å²) in [6.07, 6.45) is -1.20. The van der Waals surface area contributed by atoms with Gasteiger partial charge in [-0.25, -0.2) is 9.37 Å². The number of carbonyl (C=O) groups is 1. The van der Waals surface area contributed by atoms with Gasteiger partial charge in [0, 0.05) is 43.0 Å². The Bertz CT molecular complexity index is 1610. The number of nitrogens with zero attached hydrogens (tertiary/aromatic N) is 4. The number of rotatable bonds is 4. The maximum Gasteiger partial charge on any atom is 0.433 e. The van der Waals surface area contributed by atoms with Crippen molar-refractivity contribution in [1.29, 1.82) is 0 Å². The topological polar surface area (TPSA) is 81.0 Å². The average Bonchev–Trinajstić information content (AvgIpc) is 3.33. The van der Waals surface area contributed by atoms with Crippen molar-refractivity contribution >= 4 is 22.9 Å². The second-order valence-electron chi connectivity index (χ2n) is 9.74.